The van der Waals surface area contributed by atoms with E-state index in [1.165, 1.54) is 16.7 Å². The summed E-state index contributed by atoms with van der Waals surface area (Å²) in [7, 11) is 0. The average molecular weight is 253 g/mol. The van der Waals surface area contributed by atoms with E-state index in [0.717, 1.165) is 15.8 Å². The van der Waals surface area contributed by atoms with Crippen molar-refractivity contribution in [2.45, 2.75) is 0 Å². The molecular weight excluding hydrogens is 244 g/mol. The zero-order valence-corrected chi connectivity index (χ0v) is 10.2. The molecule has 3 aromatic rings. The summed E-state index contributed by atoms with van der Waals surface area (Å²) in [6.45, 7) is 0. The molecule has 0 aliphatic carbocycles. The molecule has 2 aromatic carbocycles. The summed E-state index contributed by atoms with van der Waals surface area (Å²) in [6, 6.07) is 17.6. The number of carboxylic acid groups (broad SMARTS) is 1. The van der Waals surface area contributed by atoms with Gasteiger partial charge in [0.2, 0.25) is 0 Å². The van der Waals surface area contributed by atoms with Gasteiger partial charge >= 0.3 is 0 Å². The van der Waals surface area contributed by atoms with Crippen molar-refractivity contribution in [2.75, 3.05) is 0 Å². The summed E-state index contributed by atoms with van der Waals surface area (Å²) in [6.07, 6.45) is 0. The molecule has 0 saturated heterocycles. The van der Waals surface area contributed by atoms with Gasteiger partial charge in [-0.25, -0.2) is 0 Å². The molecule has 18 heavy (non-hydrogen) atoms. The molecule has 0 atom stereocenters. The van der Waals surface area contributed by atoms with Crippen LogP contribution in [0.1, 0.15) is 9.67 Å². The second-order valence-corrected chi connectivity index (χ2v) is 5.10. The van der Waals surface area contributed by atoms with Crippen molar-refractivity contribution >= 4 is 28.1 Å². The van der Waals surface area contributed by atoms with E-state index in [4.69, 9.17) is 0 Å². The number of carbonyl (C=O) groups is 1. The van der Waals surface area contributed by atoms with Crippen LogP contribution in [0.15, 0.2) is 54.6 Å². The molecule has 0 amide bonds. The predicted molar refractivity (Wildman–Crippen MR) is 71.6 cm³/mol. The minimum Gasteiger partial charge on any atom is -0.544 e. The highest BCUT2D eigenvalue weighted by atomic mass is 32.1. The number of carbonyl (C=O) groups excluding carboxylic acids is 1. The van der Waals surface area contributed by atoms with Gasteiger partial charge in [-0.2, -0.15) is 0 Å². The largest absolute Gasteiger partial charge is 0.544 e. The lowest BCUT2D eigenvalue weighted by atomic mass is 10.1. The van der Waals surface area contributed by atoms with E-state index in [-0.39, 0.29) is 4.88 Å². The summed E-state index contributed by atoms with van der Waals surface area (Å²) in [5.41, 5.74) is 1.03. The molecule has 0 aliphatic rings. The average Bonchev–Trinajstić information content (AvgIpc) is 2.88. The molecule has 0 saturated carbocycles. The SMILES string of the molecule is O=C([O-])c1ccc(-c2ccc3ccccc3c2)s1. The topological polar surface area (TPSA) is 40.1 Å². The first kappa shape index (κ1) is 11.0. The normalized spacial score (nSPS) is 10.7. The van der Waals surface area contributed by atoms with Crippen molar-refractivity contribution in [2.24, 2.45) is 0 Å². The van der Waals surface area contributed by atoms with Gasteiger partial charge in [0.15, 0.2) is 0 Å². The Labute approximate surface area is 108 Å². The van der Waals surface area contributed by atoms with Gasteiger partial charge in [-0.3, -0.25) is 0 Å². The van der Waals surface area contributed by atoms with Crippen LogP contribution in [0.2, 0.25) is 0 Å². The smallest absolute Gasteiger partial charge is 0.0815 e. The molecule has 0 aliphatic heterocycles. The Morgan fingerprint density at radius 2 is 1.72 bits per heavy atom. The fourth-order valence-electron chi connectivity index (χ4n) is 1.95. The number of hydrogen-bond acceptors (Lipinski definition) is 3. The number of rotatable bonds is 2. The number of hydrogen-bond donors (Lipinski definition) is 0. The fourth-order valence-corrected chi connectivity index (χ4v) is 2.78. The van der Waals surface area contributed by atoms with Crippen LogP contribution in [0.3, 0.4) is 0 Å². The van der Waals surface area contributed by atoms with Gasteiger partial charge in [0, 0.05) is 4.88 Å². The Hall–Kier alpha value is -2.13. The zero-order chi connectivity index (χ0) is 12.5. The molecule has 0 radical (unpaired) electrons. The van der Waals surface area contributed by atoms with Gasteiger partial charge < -0.3 is 9.90 Å². The van der Waals surface area contributed by atoms with E-state index in [1.54, 1.807) is 6.07 Å². The zero-order valence-electron chi connectivity index (χ0n) is 9.42. The van der Waals surface area contributed by atoms with Crippen LogP contribution in [0.5, 0.6) is 0 Å². The monoisotopic (exact) mass is 253 g/mol. The van der Waals surface area contributed by atoms with Gasteiger partial charge in [-0.05, 0) is 34.5 Å². The molecule has 1 aromatic heterocycles. The molecular formula is C15H9O2S-. The Morgan fingerprint density at radius 3 is 2.44 bits per heavy atom. The van der Waals surface area contributed by atoms with Crippen molar-refractivity contribution in [1.29, 1.82) is 0 Å². The molecule has 0 bridgehead atoms. The van der Waals surface area contributed by atoms with E-state index in [1.807, 2.05) is 36.4 Å². The van der Waals surface area contributed by atoms with E-state index < -0.39 is 5.97 Å². The summed E-state index contributed by atoms with van der Waals surface area (Å²) >= 11 is 1.24. The minimum atomic E-state index is -1.12. The number of carboxylic acids is 1. The first-order chi connectivity index (χ1) is 8.74. The Morgan fingerprint density at radius 1 is 0.944 bits per heavy atom. The van der Waals surface area contributed by atoms with Crippen LogP contribution < -0.4 is 5.11 Å². The molecule has 0 fully saturated rings. The molecule has 1 heterocycles. The molecule has 3 heteroatoms. The minimum absolute atomic E-state index is 0.262. The number of thiophene rings is 1. The number of benzene rings is 2. The van der Waals surface area contributed by atoms with Crippen molar-refractivity contribution in [3.63, 3.8) is 0 Å². The van der Waals surface area contributed by atoms with E-state index in [0.29, 0.717) is 0 Å². The fraction of sp³-hybridized carbons (Fsp3) is 0. The van der Waals surface area contributed by atoms with Crippen LogP contribution in [0.25, 0.3) is 21.2 Å². The van der Waals surface area contributed by atoms with Crippen LogP contribution in [-0.4, -0.2) is 5.97 Å². The van der Waals surface area contributed by atoms with Crippen LogP contribution in [0.4, 0.5) is 0 Å². The second kappa shape index (κ2) is 4.27. The van der Waals surface area contributed by atoms with Gasteiger partial charge in [-0.1, -0.05) is 36.4 Å². The Balaban J connectivity index is 2.10. The highest BCUT2D eigenvalue weighted by Gasteiger charge is 2.04. The highest BCUT2D eigenvalue weighted by molar-refractivity contribution is 7.17. The van der Waals surface area contributed by atoms with Crippen molar-refractivity contribution in [3.05, 3.63) is 59.5 Å². The van der Waals surface area contributed by atoms with Crippen molar-refractivity contribution < 1.29 is 9.90 Å². The summed E-state index contributed by atoms with van der Waals surface area (Å²) in [4.78, 5) is 12.0. The Kier molecular flexibility index (Phi) is 2.61. The van der Waals surface area contributed by atoms with Gasteiger partial charge in [0.25, 0.3) is 0 Å². The van der Waals surface area contributed by atoms with Crippen LogP contribution in [0, 0.1) is 0 Å². The summed E-state index contributed by atoms with van der Waals surface area (Å²) in [5.74, 6) is -1.12. The number of aromatic carboxylic acids is 1. The standard InChI is InChI=1S/C15H10O2S/c16-15(17)14-8-7-13(18-14)12-6-5-10-3-1-2-4-11(10)9-12/h1-9H,(H,16,17)/p-1. The van der Waals surface area contributed by atoms with E-state index in [2.05, 4.69) is 12.1 Å². The van der Waals surface area contributed by atoms with E-state index >= 15 is 0 Å². The maximum absolute atomic E-state index is 10.8. The maximum Gasteiger partial charge on any atom is 0.0815 e. The van der Waals surface area contributed by atoms with E-state index in [9.17, 15) is 9.90 Å². The van der Waals surface area contributed by atoms with Crippen LogP contribution >= 0.6 is 11.3 Å². The third-order valence-electron chi connectivity index (χ3n) is 2.84. The second-order valence-electron chi connectivity index (χ2n) is 4.01. The summed E-state index contributed by atoms with van der Waals surface area (Å²) in [5, 5.41) is 13.1. The van der Waals surface area contributed by atoms with Crippen molar-refractivity contribution in [1.82, 2.24) is 0 Å². The predicted octanol–water partition coefficient (Wildman–Crippen LogP) is 2.93. The Bertz CT molecular complexity index is 728. The van der Waals surface area contributed by atoms with Gasteiger partial charge in [0.1, 0.15) is 0 Å². The summed E-state index contributed by atoms with van der Waals surface area (Å²) < 4.78 is 0. The molecule has 88 valence electrons. The maximum atomic E-state index is 10.8. The third-order valence-corrected chi connectivity index (χ3v) is 3.96. The lowest BCUT2D eigenvalue weighted by Gasteiger charge is -2.01. The lowest BCUT2D eigenvalue weighted by Crippen LogP contribution is -2.20. The molecule has 2 nitrogen and oxygen atoms in total. The first-order valence-corrected chi connectivity index (χ1v) is 6.36. The quantitative estimate of drug-likeness (QED) is 0.704. The highest BCUT2D eigenvalue weighted by Crippen LogP contribution is 2.30. The third kappa shape index (κ3) is 1.89. The lowest BCUT2D eigenvalue weighted by molar-refractivity contribution is -0.254. The first-order valence-electron chi connectivity index (χ1n) is 5.54. The molecule has 0 spiro atoms. The molecule has 0 N–H and O–H groups in total. The molecule has 3 rings (SSSR count). The van der Waals surface area contributed by atoms with Gasteiger partial charge in [0.05, 0.1) is 10.8 Å². The molecule has 0 unspecified atom stereocenters. The van der Waals surface area contributed by atoms with Crippen LogP contribution in [-0.2, 0) is 0 Å². The number of fused-ring (bicyclic) bond motifs is 1. The van der Waals surface area contributed by atoms with Gasteiger partial charge in [-0.15, -0.1) is 11.3 Å². The van der Waals surface area contributed by atoms with Crippen molar-refractivity contribution in [3.8, 4) is 10.4 Å².